The highest BCUT2D eigenvalue weighted by atomic mass is 35.5. The van der Waals surface area contributed by atoms with Crippen LogP contribution >= 0.6 is 22.9 Å². The van der Waals surface area contributed by atoms with E-state index in [-0.39, 0.29) is 27.6 Å². The summed E-state index contributed by atoms with van der Waals surface area (Å²) >= 11 is 7.48. The van der Waals surface area contributed by atoms with E-state index in [9.17, 15) is 22.2 Å². The lowest BCUT2D eigenvalue weighted by molar-refractivity contribution is -0.286. The van der Waals surface area contributed by atoms with E-state index >= 15 is 0 Å². The van der Waals surface area contributed by atoms with Crippen molar-refractivity contribution in [1.29, 1.82) is 0 Å². The van der Waals surface area contributed by atoms with Crippen molar-refractivity contribution in [3.8, 4) is 11.5 Å². The maximum atomic E-state index is 13.7. The molecule has 0 unspecified atom stereocenters. The van der Waals surface area contributed by atoms with Crippen LogP contribution in [0.1, 0.15) is 55.7 Å². The number of thiazole rings is 1. The number of hydrogen-bond acceptors (Lipinski definition) is 6. The van der Waals surface area contributed by atoms with E-state index in [2.05, 4.69) is 24.5 Å². The Morgan fingerprint density at radius 2 is 1.87 bits per heavy atom. The average Bonchev–Trinajstić information content (AvgIpc) is 3.40. The van der Waals surface area contributed by atoms with Gasteiger partial charge in [-0.1, -0.05) is 35.1 Å². The van der Waals surface area contributed by atoms with E-state index in [1.807, 2.05) is 20.8 Å². The van der Waals surface area contributed by atoms with Gasteiger partial charge in [0.15, 0.2) is 16.6 Å². The summed E-state index contributed by atoms with van der Waals surface area (Å²) in [5.74, 6) is -1.06. The molecule has 0 spiro atoms. The van der Waals surface area contributed by atoms with E-state index in [1.165, 1.54) is 36.5 Å². The van der Waals surface area contributed by atoms with Gasteiger partial charge in [-0.05, 0) is 69.0 Å². The molecule has 1 fully saturated rings. The number of ether oxygens (including phenoxy) is 2. The Balaban J connectivity index is 1.38. The molecule has 5 rings (SSSR count). The van der Waals surface area contributed by atoms with Gasteiger partial charge in [-0.3, -0.25) is 4.79 Å². The molecule has 0 bridgehead atoms. The van der Waals surface area contributed by atoms with Gasteiger partial charge in [-0.2, -0.15) is 0 Å². The molecular weight excluding hydrogens is 563 g/mol. The van der Waals surface area contributed by atoms with Gasteiger partial charge in [0.05, 0.1) is 27.2 Å². The second-order valence-electron chi connectivity index (χ2n) is 10.0. The number of alkyl halides is 2. The Bertz CT molecular complexity index is 1440. The van der Waals surface area contributed by atoms with E-state index in [0.717, 1.165) is 11.3 Å². The molecule has 2 aromatic carbocycles. The van der Waals surface area contributed by atoms with E-state index in [4.69, 9.17) is 11.6 Å². The maximum absolute atomic E-state index is 13.7. The third kappa shape index (κ3) is 5.27. The molecule has 2 aliphatic rings. The Hall–Kier alpha value is -2.67. The summed E-state index contributed by atoms with van der Waals surface area (Å²) in [6.45, 7) is 5.43. The number of nitrogens with zero attached hydrogens (tertiary/aromatic N) is 1. The topological polar surface area (TPSA) is 89.6 Å². The van der Waals surface area contributed by atoms with Crippen LogP contribution in [-0.4, -0.2) is 26.1 Å². The molecule has 2 atom stereocenters. The van der Waals surface area contributed by atoms with Crippen molar-refractivity contribution in [3.05, 3.63) is 69.4 Å². The summed E-state index contributed by atoms with van der Waals surface area (Å²) < 4.78 is 64.9. The number of carbonyl (C=O) groups excluding carboxylic acids is 1. The Kier molecular flexibility index (Phi) is 6.74. The van der Waals surface area contributed by atoms with Crippen LogP contribution in [0.25, 0.3) is 0 Å². The van der Waals surface area contributed by atoms with Gasteiger partial charge in [0.2, 0.25) is 5.91 Å². The second kappa shape index (κ2) is 9.51. The van der Waals surface area contributed by atoms with Crippen molar-refractivity contribution in [2.24, 2.45) is 0 Å². The van der Waals surface area contributed by atoms with Gasteiger partial charge in [-0.15, -0.1) is 8.78 Å². The number of aromatic nitrogens is 1. The quantitative estimate of drug-likeness (QED) is 0.351. The molecule has 1 amide bonds. The molecule has 13 heteroatoms. The van der Waals surface area contributed by atoms with Gasteiger partial charge < -0.3 is 14.8 Å². The third-order valence-corrected chi connectivity index (χ3v) is 9.09. The number of hydrogen-bond donors (Lipinski definition) is 2. The highest BCUT2D eigenvalue weighted by molar-refractivity contribution is 7.84. The van der Waals surface area contributed by atoms with Crippen LogP contribution < -0.4 is 19.5 Å². The first kappa shape index (κ1) is 26.9. The summed E-state index contributed by atoms with van der Waals surface area (Å²) in [6.07, 6.45) is -1.17. The molecule has 7 nitrogen and oxygen atoms in total. The summed E-state index contributed by atoms with van der Waals surface area (Å²) in [4.78, 5) is 18.2. The van der Waals surface area contributed by atoms with Crippen molar-refractivity contribution in [2.75, 3.05) is 5.32 Å². The fourth-order valence-corrected chi connectivity index (χ4v) is 6.06. The van der Waals surface area contributed by atoms with Crippen LogP contribution in [0.3, 0.4) is 0 Å². The summed E-state index contributed by atoms with van der Waals surface area (Å²) in [7, 11) is -1.50. The second-order valence-corrected chi connectivity index (χ2v) is 13.5. The molecule has 1 aromatic heterocycles. The molecule has 2 heterocycles. The lowest BCUT2D eigenvalue weighted by Gasteiger charge is -2.24. The van der Waals surface area contributed by atoms with Gasteiger partial charge in [-0.25, -0.2) is 18.3 Å². The SMILES string of the molecule is CC(C)(C)[S@](=O)N[C@H](c1cnc(NC(=O)C2(c3ccc4c(c3)OC(F)(F)O4)CC2)s1)c1ccc(F)cc1Cl. The molecule has 0 saturated heterocycles. The molecular formula is C25H23ClF3N3O4S2. The molecule has 202 valence electrons. The lowest BCUT2D eigenvalue weighted by Crippen LogP contribution is -2.36. The first-order valence-electron chi connectivity index (χ1n) is 11.6. The Morgan fingerprint density at radius 3 is 2.53 bits per heavy atom. The molecule has 3 aromatic rings. The normalized spacial score (nSPS) is 18.6. The minimum atomic E-state index is -3.74. The van der Waals surface area contributed by atoms with Gasteiger partial charge in [0, 0.05) is 16.1 Å². The number of rotatable bonds is 7. The zero-order chi connectivity index (χ0) is 27.5. The highest BCUT2D eigenvalue weighted by Gasteiger charge is 2.53. The van der Waals surface area contributed by atoms with Crippen LogP contribution in [-0.2, 0) is 21.2 Å². The number of benzene rings is 2. The number of fused-ring (bicyclic) bond motifs is 1. The zero-order valence-electron chi connectivity index (χ0n) is 20.4. The van der Waals surface area contributed by atoms with Crippen LogP contribution in [0.15, 0.2) is 42.6 Å². The third-order valence-electron chi connectivity index (χ3n) is 6.22. The monoisotopic (exact) mass is 585 g/mol. The van der Waals surface area contributed by atoms with Crippen molar-refractivity contribution < 1.29 is 31.6 Å². The number of amides is 1. The predicted octanol–water partition coefficient (Wildman–Crippen LogP) is 6.07. The van der Waals surface area contributed by atoms with E-state index in [1.54, 1.807) is 6.07 Å². The summed E-state index contributed by atoms with van der Waals surface area (Å²) in [5.41, 5.74) is 0.126. The molecule has 2 N–H and O–H groups in total. The zero-order valence-corrected chi connectivity index (χ0v) is 22.8. The molecule has 1 saturated carbocycles. The van der Waals surface area contributed by atoms with E-state index < -0.39 is 39.3 Å². The summed E-state index contributed by atoms with van der Waals surface area (Å²) in [6, 6.07) is 7.59. The summed E-state index contributed by atoms with van der Waals surface area (Å²) in [5, 5.41) is 3.25. The van der Waals surface area contributed by atoms with Crippen LogP contribution in [0.4, 0.5) is 18.3 Å². The number of halogens is 4. The molecule has 1 aliphatic carbocycles. The first-order valence-corrected chi connectivity index (χ1v) is 13.9. The van der Waals surface area contributed by atoms with Crippen molar-refractivity contribution in [3.63, 3.8) is 0 Å². The minimum Gasteiger partial charge on any atom is -0.395 e. The fraction of sp³-hybridized carbons (Fsp3) is 0.360. The number of anilines is 1. The van der Waals surface area contributed by atoms with E-state index in [0.29, 0.717) is 28.8 Å². The maximum Gasteiger partial charge on any atom is 0.586 e. The van der Waals surface area contributed by atoms with Crippen molar-refractivity contribution in [2.45, 2.75) is 56.1 Å². The average molecular weight is 586 g/mol. The predicted molar refractivity (Wildman–Crippen MR) is 139 cm³/mol. The van der Waals surface area contributed by atoms with Crippen LogP contribution in [0.2, 0.25) is 5.02 Å². The first-order chi connectivity index (χ1) is 17.8. The van der Waals surface area contributed by atoms with Gasteiger partial charge in [0.25, 0.3) is 0 Å². The van der Waals surface area contributed by atoms with Gasteiger partial charge in [0.1, 0.15) is 5.82 Å². The molecule has 0 radical (unpaired) electrons. The Labute approximate surface area is 228 Å². The smallest absolute Gasteiger partial charge is 0.395 e. The molecule has 38 heavy (non-hydrogen) atoms. The van der Waals surface area contributed by atoms with Gasteiger partial charge >= 0.3 is 6.29 Å². The number of carbonyl (C=O) groups is 1. The molecule has 1 aliphatic heterocycles. The minimum absolute atomic E-state index is 0.0924. The standard InChI is InChI=1S/C25H23ClF3N3O4S2/c1-23(2,3)38(34)32-20(15-6-5-14(27)11-16(15)26)19-12-30-22(37-19)31-21(33)24(8-9-24)13-4-7-17-18(10-13)36-25(28,29)35-17/h4-7,10-12,20,32H,8-9H2,1-3H3,(H,30,31,33)/t20-,38-/m0/s1. The van der Waals surface area contributed by atoms with Crippen LogP contribution in [0.5, 0.6) is 11.5 Å². The lowest BCUT2D eigenvalue weighted by atomic mass is 9.94. The Morgan fingerprint density at radius 1 is 1.16 bits per heavy atom. The fourth-order valence-electron chi connectivity index (χ4n) is 4.01. The number of nitrogens with one attached hydrogen (secondary N) is 2. The van der Waals surface area contributed by atoms with Crippen molar-refractivity contribution in [1.82, 2.24) is 9.71 Å². The van der Waals surface area contributed by atoms with Crippen LogP contribution in [0, 0.1) is 5.82 Å². The highest BCUT2D eigenvalue weighted by Crippen LogP contribution is 2.52. The van der Waals surface area contributed by atoms with Crippen molar-refractivity contribution >= 4 is 45.0 Å². The largest absolute Gasteiger partial charge is 0.586 e.